The molecule has 160 valence electrons. The van der Waals surface area contributed by atoms with Crippen LogP contribution in [0.4, 0.5) is 23.7 Å². The first-order valence-corrected chi connectivity index (χ1v) is 9.60. The fourth-order valence-corrected chi connectivity index (χ4v) is 4.35. The highest BCUT2D eigenvalue weighted by Crippen LogP contribution is 2.49. The molecule has 1 aromatic heterocycles. The molecule has 2 aromatic rings. The summed E-state index contributed by atoms with van der Waals surface area (Å²) in [5, 5.41) is 26.1. The van der Waals surface area contributed by atoms with E-state index in [0.29, 0.717) is 0 Å². The normalized spacial score (nSPS) is 24.4. The number of ketones is 1. The van der Waals surface area contributed by atoms with E-state index in [4.69, 9.17) is 0 Å². The van der Waals surface area contributed by atoms with Crippen molar-refractivity contribution in [1.29, 1.82) is 0 Å². The number of nitrogens with one attached hydrogen (secondary N) is 1. The van der Waals surface area contributed by atoms with Gasteiger partial charge in [-0.25, -0.2) is 4.79 Å². The summed E-state index contributed by atoms with van der Waals surface area (Å²) in [4.78, 5) is 36.3. The van der Waals surface area contributed by atoms with Gasteiger partial charge in [-0.3, -0.25) is 19.8 Å². The second-order valence-electron chi connectivity index (χ2n) is 6.53. The molecule has 1 aliphatic rings. The predicted octanol–water partition coefficient (Wildman–Crippen LogP) is 3.49. The Morgan fingerprint density at radius 2 is 2.00 bits per heavy atom. The number of amides is 2. The maximum Gasteiger partial charge on any atom is 0.437 e. The molecule has 2 heterocycles. The van der Waals surface area contributed by atoms with E-state index >= 15 is 0 Å². The van der Waals surface area contributed by atoms with Gasteiger partial charge in [-0.15, -0.1) is 11.3 Å². The predicted molar refractivity (Wildman–Crippen MR) is 99.9 cm³/mol. The molecule has 0 spiro atoms. The lowest BCUT2D eigenvalue weighted by atomic mass is 9.77. The summed E-state index contributed by atoms with van der Waals surface area (Å²) >= 11 is 0.860. The summed E-state index contributed by atoms with van der Waals surface area (Å²) in [5.41, 5.74) is -4.77. The Kier molecular flexibility index (Phi) is 5.56. The maximum atomic E-state index is 14.2. The minimum Gasteiger partial charge on any atom is -0.363 e. The molecule has 1 fully saturated rings. The van der Waals surface area contributed by atoms with E-state index in [-0.39, 0.29) is 15.3 Å². The van der Waals surface area contributed by atoms with E-state index in [9.17, 15) is 38.0 Å². The van der Waals surface area contributed by atoms with Crippen LogP contribution in [0.25, 0.3) is 0 Å². The number of hydrogen-bond donors (Lipinski definition) is 2. The number of urea groups is 1. The highest BCUT2D eigenvalue weighted by molar-refractivity contribution is 7.12. The Bertz CT molecular complexity index is 982. The molecule has 0 radical (unpaired) electrons. The molecule has 12 heteroatoms. The largest absolute Gasteiger partial charge is 0.437 e. The molecule has 0 bridgehead atoms. The van der Waals surface area contributed by atoms with Crippen LogP contribution < -0.4 is 5.32 Å². The number of alkyl halides is 3. The van der Waals surface area contributed by atoms with Crippen molar-refractivity contribution in [2.45, 2.75) is 24.9 Å². The van der Waals surface area contributed by atoms with Gasteiger partial charge in [0.2, 0.25) is 0 Å². The summed E-state index contributed by atoms with van der Waals surface area (Å²) in [6.45, 7) is 0.661. The zero-order valence-corrected chi connectivity index (χ0v) is 16.2. The number of para-hydroxylation sites is 1. The van der Waals surface area contributed by atoms with Crippen LogP contribution in [0.3, 0.4) is 0 Å². The Morgan fingerprint density at radius 3 is 2.53 bits per heavy atom. The van der Waals surface area contributed by atoms with E-state index in [0.717, 1.165) is 23.5 Å². The number of carbonyl (C=O) groups excluding carboxylic acids is 2. The number of aliphatic hydroxyl groups is 1. The lowest BCUT2D eigenvalue weighted by Gasteiger charge is -2.50. The van der Waals surface area contributed by atoms with Crippen LogP contribution in [-0.2, 0) is 0 Å². The highest BCUT2D eigenvalue weighted by Gasteiger charge is 2.70. The average molecular weight is 443 g/mol. The third kappa shape index (κ3) is 3.31. The molecule has 30 heavy (non-hydrogen) atoms. The van der Waals surface area contributed by atoms with E-state index in [1.807, 2.05) is 0 Å². The Hall–Kier alpha value is -2.99. The third-order valence-corrected chi connectivity index (χ3v) is 5.84. The smallest absolute Gasteiger partial charge is 0.363 e. The van der Waals surface area contributed by atoms with Gasteiger partial charge in [-0.2, -0.15) is 13.2 Å². The van der Waals surface area contributed by atoms with Crippen LogP contribution >= 0.6 is 11.3 Å². The fourth-order valence-electron chi connectivity index (χ4n) is 3.64. The molecular formula is C18H16F3N3O5S. The van der Waals surface area contributed by atoms with Crippen molar-refractivity contribution in [2.24, 2.45) is 5.92 Å². The lowest BCUT2D eigenvalue weighted by molar-refractivity contribution is -0.386. The number of nitrogens with zero attached hydrogens (tertiary/aromatic N) is 2. The van der Waals surface area contributed by atoms with Crippen LogP contribution in [0.5, 0.6) is 0 Å². The molecule has 8 nitrogen and oxygen atoms in total. The van der Waals surface area contributed by atoms with E-state index in [2.05, 4.69) is 5.32 Å². The Labute approximate surface area is 172 Å². The summed E-state index contributed by atoms with van der Waals surface area (Å²) in [6, 6.07) is 4.48. The van der Waals surface area contributed by atoms with Crippen LogP contribution in [0.1, 0.15) is 28.2 Å². The topological polar surface area (TPSA) is 113 Å². The lowest BCUT2D eigenvalue weighted by Crippen LogP contribution is -2.73. The van der Waals surface area contributed by atoms with Gasteiger partial charge >= 0.3 is 12.2 Å². The van der Waals surface area contributed by atoms with Crippen molar-refractivity contribution in [1.82, 2.24) is 10.2 Å². The standard InChI is InChI=1S/C18H16F3N3O5S/c1-2-23-16(26)22-14(10-6-3-4-7-11(10)24(28)29)13(17(23,27)18(19,20)21)15(25)12-8-5-9-30-12/h3-9,13-14,27H,2H2,1H3,(H,22,26). The zero-order chi connectivity index (χ0) is 22.3. The second-order valence-corrected chi connectivity index (χ2v) is 7.48. The average Bonchev–Trinajstić information content (AvgIpc) is 3.21. The molecule has 1 saturated heterocycles. The minimum absolute atomic E-state index is 0.0848. The molecule has 3 atom stereocenters. The van der Waals surface area contributed by atoms with Crippen molar-refractivity contribution in [3.63, 3.8) is 0 Å². The number of hydrogen-bond acceptors (Lipinski definition) is 6. The SMILES string of the molecule is CCN1C(=O)NC(c2ccccc2[N+](=O)[O-])C(C(=O)c2cccs2)C1(O)C(F)(F)F. The molecule has 2 N–H and O–H groups in total. The van der Waals surface area contributed by atoms with Crippen LogP contribution in [0.15, 0.2) is 41.8 Å². The first-order valence-electron chi connectivity index (χ1n) is 8.72. The second kappa shape index (κ2) is 7.69. The van der Waals surface area contributed by atoms with Crippen molar-refractivity contribution in [3.05, 3.63) is 62.3 Å². The quantitative estimate of drug-likeness (QED) is 0.417. The van der Waals surface area contributed by atoms with E-state index in [1.165, 1.54) is 36.6 Å². The number of thiophene rings is 1. The highest BCUT2D eigenvalue weighted by atomic mass is 32.1. The van der Waals surface area contributed by atoms with Crippen LogP contribution in [0, 0.1) is 16.0 Å². The van der Waals surface area contributed by atoms with Crippen molar-refractivity contribution >= 4 is 28.8 Å². The third-order valence-electron chi connectivity index (χ3n) is 4.95. The minimum atomic E-state index is -5.42. The van der Waals surface area contributed by atoms with Crippen molar-refractivity contribution in [3.8, 4) is 0 Å². The number of halogens is 3. The first kappa shape index (κ1) is 21.7. The number of Topliss-reactive ketones (excluding diaryl/α,β-unsaturated/α-hetero) is 1. The van der Waals surface area contributed by atoms with Gasteiger partial charge in [-0.05, 0) is 18.4 Å². The number of rotatable bonds is 5. The van der Waals surface area contributed by atoms with Crippen molar-refractivity contribution < 1.29 is 32.8 Å². The zero-order valence-electron chi connectivity index (χ0n) is 15.4. The van der Waals surface area contributed by atoms with Gasteiger partial charge in [-0.1, -0.05) is 24.3 Å². The van der Waals surface area contributed by atoms with Crippen LogP contribution in [0.2, 0.25) is 0 Å². The number of nitro groups is 1. The van der Waals surface area contributed by atoms with Gasteiger partial charge in [0.1, 0.15) is 5.92 Å². The number of nitro benzene ring substituents is 1. The number of benzene rings is 1. The first-order chi connectivity index (χ1) is 14.0. The van der Waals surface area contributed by atoms with Crippen LogP contribution in [-0.4, -0.2) is 45.2 Å². The van der Waals surface area contributed by atoms with Gasteiger partial charge in [0.15, 0.2) is 5.78 Å². The summed E-state index contributed by atoms with van der Waals surface area (Å²) < 4.78 is 42.5. The van der Waals surface area contributed by atoms with Gasteiger partial charge in [0, 0.05) is 12.6 Å². The molecular weight excluding hydrogens is 427 g/mol. The molecule has 3 rings (SSSR count). The molecule has 0 aliphatic carbocycles. The fraction of sp³-hybridized carbons (Fsp3) is 0.333. The molecule has 0 saturated carbocycles. The molecule has 2 amide bonds. The van der Waals surface area contributed by atoms with Gasteiger partial charge in [0.25, 0.3) is 11.4 Å². The maximum absolute atomic E-state index is 14.2. The summed E-state index contributed by atoms with van der Waals surface area (Å²) in [5.74, 6) is -3.37. The monoisotopic (exact) mass is 443 g/mol. The van der Waals surface area contributed by atoms with E-state index in [1.54, 1.807) is 0 Å². The Balaban J connectivity index is 2.29. The molecule has 3 unspecified atom stereocenters. The summed E-state index contributed by atoms with van der Waals surface area (Å²) in [6.07, 6.45) is -5.42. The molecule has 1 aromatic carbocycles. The number of carbonyl (C=O) groups is 2. The van der Waals surface area contributed by atoms with E-state index < -0.39 is 52.8 Å². The summed E-state index contributed by atoms with van der Waals surface area (Å²) in [7, 11) is 0. The molecule has 1 aliphatic heterocycles. The van der Waals surface area contributed by atoms with Crippen molar-refractivity contribution in [2.75, 3.05) is 6.54 Å². The van der Waals surface area contributed by atoms with Gasteiger partial charge < -0.3 is 10.4 Å². The van der Waals surface area contributed by atoms with Gasteiger partial charge in [0.05, 0.1) is 21.4 Å². The Morgan fingerprint density at radius 1 is 1.33 bits per heavy atom.